The second-order valence-electron chi connectivity index (χ2n) is 5.93. The van der Waals surface area contributed by atoms with Gasteiger partial charge in [0.25, 0.3) is 0 Å². The molecule has 0 atom stereocenters. The first-order chi connectivity index (χ1) is 11.6. The van der Waals surface area contributed by atoms with Crippen LogP contribution in [0, 0.1) is 0 Å². The fraction of sp³-hybridized carbons (Fsp3) is 0.316. The SMILES string of the molecule is CN=C(NCc1cccc(CN(C)C)c1)NCc1ccccc1Cl.I. The number of hydrogen-bond acceptors (Lipinski definition) is 2. The maximum Gasteiger partial charge on any atom is 0.191 e. The van der Waals surface area contributed by atoms with Gasteiger partial charge >= 0.3 is 0 Å². The Balaban J connectivity index is 0.00000312. The average Bonchev–Trinajstić information content (AvgIpc) is 2.56. The summed E-state index contributed by atoms with van der Waals surface area (Å²) < 4.78 is 0. The summed E-state index contributed by atoms with van der Waals surface area (Å²) in [5.74, 6) is 0.757. The largest absolute Gasteiger partial charge is 0.352 e. The molecule has 4 nitrogen and oxygen atoms in total. The minimum absolute atomic E-state index is 0. The van der Waals surface area contributed by atoms with Crippen LogP contribution in [0.4, 0.5) is 0 Å². The molecule has 0 aliphatic heterocycles. The molecule has 2 aromatic rings. The highest BCUT2D eigenvalue weighted by atomic mass is 127. The zero-order valence-corrected chi connectivity index (χ0v) is 18.0. The Morgan fingerprint density at radius 2 is 1.68 bits per heavy atom. The van der Waals surface area contributed by atoms with E-state index >= 15 is 0 Å². The first-order valence-electron chi connectivity index (χ1n) is 7.99. The normalized spacial score (nSPS) is 11.2. The number of guanidine groups is 1. The highest BCUT2D eigenvalue weighted by molar-refractivity contribution is 14.0. The van der Waals surface area contributed by atoms with E-state index in [1.54, 1.807) is 7.05 Å². The summed E-state index contributed by atoms with van der Waals surface area (Å²) in [6.07, 6.45) is 0. The highest BCUT2D eigenvalue weighted by Crippen LogP contribution is 2.14. The third kappa shape index (κ3) is 7.63. The summed E-state index contributed by atoms with van der Waals surface area (Å²) in [6, 6.07) is 16.4. The van der Waals surface area contributed by atoms with E-state index in [0.29, 0.717) is 6.54 Å². The number of rotatable bonds is 6. The summed E-state index contributed by atoms with van der Waals surface area (Å²) in [5, 5.41) is 7.39. The number of nitrogens with zero attached hydrogens (tertiary/aromatic N) is 2. The van der Waals surface area contributed by atoms with E-state index in [9.17, 15) is 0 Å². The van der Waals surface area contributed by atoms with Gasteiger partial charge in [-0.05, 0) is 36.9 Å². The van der Waals surface area contributed by atoms with Crippen LogP contribution < -0.4 is 10.6 Å². The number of hydrogen-bond donors (Lipinski definition) is 2. The molecule has 0 spiro atoms. The van der Waals surface area contributed by atoms with E-state index in [2.05, 4.69) is 58.9 Å². The quantitative estimate of drug-likeness (QED) is 0.381. The molecule has 0 saturated carbocycles. The van der Waals surface area contributed by atoms with Crippen LogP contribution in [0.15, 0.2) is 53.5 Å². The van der Waals surface area contributed by atoms with Crippen LogP contribution in [0.25, 0.3) is 0 Å². The Bertz CT molecular complexity index is 689. The second-order valence-corrected chi connectivity index (χ2v) is 6.34. The van der Waals surface area contributed by atoms with Crippen molar-refractivity contribution in [1.29, 1.82) is 0 Å². The standard InChI is InChI=1S/C19H25ClN4.HI/c1-21-19(23-13-17-9-4-5-10-18(17)20)22-12-15-7-6-8-16(11-15)14-24(2)3;/h4-11H,12-14H2,1-3H3,(H2,21,22,23);1H. The third-order valence-electron chi connectivity index (χ3n) is 3.58. The topological polar surface area (TPSA) is 39.7 Å². The van der Waals surface area contributed by atoms with Crippen molar-refractivity contribution < 1.29 is 0 Å². The molecule has 0 amide bonds. The molecule has 2 N–H and O–H groups in total. The zero-order valence-electron chi connectivity index (χ0n) is 14.9. The van der Waals surface area contributed by atoms with Gasteiger partial charge in [-0.2, -0.15) is 0 Å². The maximum atomic E-state index is 6.18. The average molecular weight is 473 g/mol. The molecule has 2 rings (SSSR count). The summed E-state index contributed by atoms with van der Waals surface area (Å²) >= 11 is 6.18. The molecule has 0 heterocycles. The molecule has 0 saturated heterocycles. The van der Waals surface area contributed by atoms with Crippen LogP contribution in [-0.2, 0) is 19.6 Å². The van der Waals surface area contributed by atoms with Crippen LogP contribution >= 0.6 is 35.6 Å². The molecule has 0 aliphatic rings. The number of nitrogens with one attached hydrogen (secondary N) is 2. The number of benzene rings is 2. The maximum absolute atomic E-state index is 6.18. The van der Waals surface area contributed by atoms with E-state index < -0.39 is 0 Å². The van der Waals surface area contributed by atoms with Gasteiger partial charge in [-0.3, -0.25) is 4.99 Å². The van der Waals surface area contributed by atoms with Gasteiger partial charge in [0.05, 0.1) is 0 Å². The van der Waals surface area contributed by atoms with Gasteiger partial charge in [0.2, 0.25) is 0 Å². The minimum atomic E-state index is 0. The van der Waals surface area contributed by atoms with E-state index in [0.717, 1.165) is 29.6 Å². The number of aliphatic imine (C=N–C) groups is 1. The highest BCUT2D eigenvalue weighted by Gasteiger charge is 2.03. The van der Waals surface area contributed by atoms with Crippen LogP contribution in [0.3, 0.4) is 0 Å². The van der Waals surface area contributed by atoms with Gasteiger partial charge in [0.15, 0.2) is 5.96 Å². The molecule has 0 aromatic heterocycles. The first-order valence-corrected chi connectivity index (χ1v) is 8.36. The Morgan fingerprint density at radius 1 is 1.00 bits per heavy atom. The van der Waals surface area contributed by atoms with Gasteiger partial charge in [0, 0.05) is 31.7 Å². The lowest BCUT2D eigenvalue weighted by atomic mass is 10.1. The molecular weight excluding hydrogens is 447 g/mol. The van der Waals surface area contributed by atoms with Crippen molar-refractivity contribution in [2.24, 2.45) is 4.99 Å². The van der Waals surface area contributed by atoms with Crippen LogP contribution in [-0.4, -0.2) is 32.0 Å². The lowest BCUT2D eigenvalue weighted by molar-refractivity contribution is 0.402. The van der Waals surface area contributed by atoms with Crippen molar-refractivity contribution in [1.82, 2.24) is 15.5 Å². The predicted octanol–water partition coefficient (Wildman–Crippen LogP) is 3.88. The zero-order chi connectivity index (χ0) is 17.4. The lowest BCUT2D eigenvalue weighted by Crippen LogP contribution is -2.36. The Hall–Kier alpha value is -1.31. The van der Waals surface area contributed by atoms with Crippen molar-refractivity contribution >= 4 is 41.5 Å². The van der Waals surface area contributed by atoms with E-state index in [1.165, 1.54) is 11.1 Å². The van der Waals surface area contributed by atoms with Gasteiger partial charge in [-0.25, -0.2) is 0 Å². The van der Waals surface area contributed by atoms with Crippen molar-refractivity contribution in [2.75, 3.05) is 21.1 Å². The fourth-order valence-electron chi connectivity index (χ4n) is 2.43. The molecule has 136 valence electrons. The molecule has 2 aromatic carbocycles. The Kier molecular flexibility index (Phi) is 9.85. The van der Waals surface area contributed by atoms with Gasteiger partial charge in [-0.15, -0.1) is 24.0 Å². The second kappa shape index (κ2) is 11.3. The molecule has 0 bridgehead atoms. The van der Waals surface area contributed by atoms with Crippen molar-refractivity contribution in [3.05, 3.63) is 70.2 Å². The molecule has 6 heteroatoms. The van der Waals surface area contributed by atoms with E-state index in [4.69, 9.17) is 11.6 Å². The summed E-state index contributed by atoms with van der Waals surface area (Å²) in [4.78, 5) is 6.43. The molecule has 0 fully saturated rings. The van der Waals surface area contributed by atoms with Crippen LogP contribution in [0.5, 0.6) is 0 Å². The number of halogens is 2. The molecule has 0 unspecified atom stereocenters. The molecule has 25 heavy (non-hydrogen) atoms. The van der Waals surface area contributed by atoms with Crippen molar-refractivity contribution in [3.63, 3.8) is 0 Å². The fourth-order valence-corrected chi connectivity index (χ4v) is 2.63. The molecular formula is C19H26ClIN4. The van der Waals surface area contributed by atoms with Gasteiger partial charge in [-0.1, -0.05) is 54.1 Å². The van der Waals surface area contributed by atoms with Crippen molar-refractivity contribution in [3.8, 4) is 0 Å². The smallest absolute Gasteiger partial charge is 0.191 e. The Morgan fingerprint density at radius 3 is 2.36 bits per heavy atom. The van der Waals surface area contributed by atoms with Gasteiger partial charge < -0.3 is 15.5 Å². The molecule has 0 radical (unpaired) electrons. The predicted molar refractivity (Wildman–Crippen MR) is 118 cm³/mol. The summed E-state index contributed by atoms with van der Waals surface area (Å²) in [6.45, 7) is 2.30. The Labute approximate surface area is 172 Å². The monoisotopic (exact) mass is 472 g/mol. The third-order valence-corrected chi connectivity index (χ3v) is 3.95. The lowest BCUT2D eigenvalue weighted by Gasteiger charge is -2.14. The van der Waals surface area contributed by atoms with Crippen molar-refractivity contribution in [2.45, 2.75) is 19.6 Å². The summed E-state index contributed by atoms with van der Waals surface area (Å²) in [5.41, 5.74) is 3.59. The minimum Gasteiger partial charge on any atom is -0.352 e. The molecule has 0 aliphatic carbocycles. The van der Waals surface area contributed by atoms with E-state index in [-0.39, 0.29) is 24.0 Å². The first kappa shape index (κ1) is 21.7. The van der Waals surface area contributed by atoms with E-state index in [1.807, 2.05) is 24.3 Å². The van der Waals surface area contributed by atoms with Crippen LogP contribution in [0.2, 0.25) is 5.02 Å². The summed E-state index contributed by atoms with van der Waals surface area (Å²) in [7, 11) is 5.92. The van der Waals surface area contributed by atoms with Crippen LogP contribution in [0.1, 0.15) is 16.7 Å². The van der Waals surface area contributed by atoms with Gasteiger partial charge in [0.1, 0.15) is 0 Å².